The molecule has 10 heteroatoms. The van der Waals surface area contributed by atoms with Gasteiger partial charge in [0.2, 0.25) is 0 Å². The third-order valence-electron chi connectivity index (χ3n) is 2.83. The SMILES string of the molecule is C=CC(=O)OCCOB(OCCOC(=O)C=C)OC(CC)COC(=O)C=C. The van der Waals surface area contributed by atoms with E-state index in [2.05, 4.69) is 19.7 Å². The van der Waals surface area contributed by atoms with Crippen molar-refractivity contribution in [1.29, 1.82) is 0 Å². The molecule has 0 heterocycles. The Bertz CT molecular complexity index is 479. The second kappa shape index (κ2) is 15.8. The highest BCUT2D eigenvalue weighted by Crippen LogP contribution is 2.05. The average Bonchev–Trinajstić information content (AvgIpc) is 2.69. The van der Waals surface area contributed by atoms with Gasteiger partial charge >= 0.3 is 25.2 Å². The number of rotatable bonds is 16. The Balaban J connectivity index is 4.48. The van der Waals surface area contributed by atoms with Crippen LogP contribution in [-0.4, -0.2) is 64.4 Å². The molecule has 0 spiro atoms. The lowest BCUT2D eigenvalue weighted by atomic mass is 10.2. The Morgan fingerprint density at radius 3 is 1.67 bits per heavy atom. The minimum absolute atomic E-state index is 0.0143. The standard InChI is InChI=1S/C17H25BO9/c1-5-14(13-24-17(21)8-4)27-18(25-11-9-22-15(19)6-2)26-12-10-23-16(20)7-3/h6-8,14H,2-5,9-13H2,1H3. The summed E-state index contributed by atoms with van der Waals surface area (Å²) in [6, 6.07) is 0. The lowest BCUT2D eigenvalue weighted by Gasteiger charge is -2.21. The maximum Gasteiger partial charge on any atom is 0.639 e. The number of ether oxygens (including phenoxy) is 3. The maximum absolute atomic E-state index is 11.2. The summed E-state index contributed by atoms with van der Waals surface area (Å²) in [4.78, 5) is 33.1. The number of hydrogen-bond acceptors (Lipinski definition) is 9. The van der Waals surface area contributed by atoms with Gasteiger partial charge in [-0.1, -0.05) is 26.7 Å². The minimum Gasteiger partial charge on any atom is -0.460 e. The van der Waals surface area contributed by atoms with Gasteiger partial charge in [-0.3, -0.25) is 0 Å². The third-order valence-corrected chi connectivity index (χ3v) is 2.83. The highest BCUT2D eigenvalue weighted by atomic mass is 16.7. The van der Waals surface area contributed by atoms with E-state index >= 15 is 0 Å². The first-order valence-corrected chi connectivity index (χ1v) is 8.23. The molecule has 0 saturated heterocycles. The van der Waals surface area contributed by atoms with Gasteiger partial charge < -0.3 is 28.2 Å². The average molecular weight is 384 g/mol. The molecule has 0 aliphatic carbocycles. The van der Waals surface area contributed by atoms with Gasteiger partial charge in [0.15, 0.2) is 0 Å². The molecule has 150 valence electrons. The molecule has 27 heavy (non-hydrogen) atoms. The fourth-order valence-corrected chi connectivity index (χ4v) is 1.46. The third kappa shape index (κ3) is 13.4. The Morgan fingerprint density at radius 1 is 0.815 bits per heavy atom. The van der Waals surface area contributed by atoms with E-state index in [1.54, 1.807) is 0 Å². The first-order valence-electron chi connectivity index (χ1n) is 8.23. The molecular weight excluding hydrogens is 359 g/mol. The second-order valence-corrected chi connectivity index (χ2v) is 4.77. The first kappa shape index (κ1) is 24.6. The van der Waals surface area contributed by atoms with Gasteiger partial charge in [-0.2, -0.15) is 0 Å². The molecular formula is C17H25BO9. The van der Waals surface area contributed by atoms with E-state index in [9.17, 15) is 14.4 Å². The molecule has 0 fully saturated rings. The molecule has 1 atom stereocenters. The highest BCUT2D eigenvalue weighted by molar-refractivity contribution is 6.36. The summed E-state index contributed by atoms with van der Waals surface area (Å²) in [5.74, 6) is -1.75. The van der Waals surface area contributed by atoms with E-state index < -0.39 is 31.3 Å². The van der Waals surface area contributed by atoms with Crippen LogP contribution in [0.15, 0.2) is 38.0 Å². The van der Waals surface area contributed by atoms with Crippen molar-refractivity contribution in [3.8, 4) is 0 Å². The van der Waals surface area contributed by atoms with Crippen molar-refractivity contribution in [1.82, 2.24) is 0 Å². The van der Waals surface area contributed by atoms with Crippen molar-refractivity contribution in [3.05, 3.63) is 38.0 Å². The largest absolute Gasteiger partial charge is 0.639 e. The summed E-state index contributed by atoms with van der Waals surface area (Å²) >= 11 is 0. The van der Waals surface area contributed by atoms with Crippen LogP contribution in [0.1, 0.15) is 13.3 Å². The molecule has 0 aromatic rings. The van der Waals surface area contributed by atoms with Crippen LogP contribution >= 0.6 is 0 Å². The summed E-state index contributed by atoms with van der Waals surface area (Å²) in [6.07, 6.45) is 3.09. The molecule has 0 rings (SSSR count). The van der Waals surface area contributed by atoms with E-state index in [0.717, 1.165) is 18.2 Å². The zero-order valence-electron chi connectivity index (χ0n) is 15.4. The summed E-state index contributed by atoms with van der Waals surface area (Å²) < 4.78 is 30.8. The highest BCUT2D eigenvalue weighted by Gasteiger charge is 2.26. The van der Waals surface area contributed by atoms with E-state index in [1.807, 2.05) is 6.92 Å². The van der Waals surface area contributed by atoms with Crippen LogP contribution in [0.5, 0.6) is 0 Å². The topological polar surface area (TPSA) is 107 Å². The van der Waals surface area contributed by atoms with E-state index in [4.69, 9.17) is 28.2 Å². The van der Waals surface area contributed by atoms with Crippen LogP contribution in [0.2, 0.25) is 0 Å². The molecule has 0 N–H and O–H groups in total. The maximum atomic E-state index is 11.2. The zero-order valence-corrected chi connectivity index (χ0v) is 15.4. The lowest BCUT2D eigenvalue weighted by Crippen LogP contribution is -2.36. The summed E-state index contributed by atoms with van der Waals surface area (Å²) in [7, 11) is -1.15. The van der Waals surface area contributed by atoms with Crippen molar-refractivity contribution in [3.63, 3.8) is 0 Å². The quantitative estimate of drug-likeness (QED) is 0.127. The van der Waals surface area contributed by atoms with Gasteiger partial charge in [0.25, 0.3) is 0 Å². The molecule has 0 aliphatic rings. The molecule has 0 radical (unpaired) electrons. The Hall–Kier alpha value is -2.43. The number of esters is 3. The van der Waals surface area contributed by atoms with E-state index in [-0.39, 0.29) is 33.0 Å². The molecule has 0 amide bonds. The molecule has 0 bridgehead atoms. The molecule has 0 saturated carbocycles. The lowest BCUT2D eigenvalue weighted by molar-refractivity contribution is -0.140. The van der Waals surface area contributed by atoms with Gasteiger partial charge in [0.1, 0.15) is 19.8 Å². The van der Waals surface area contributed by atoms with Crippen LogP contribution < -0.4 is 0 Å². The van der Waals surface area contributed by atoms with Crippen LogP contribution in [-0.2, 0) is 42.6 Å². The second-order valence-electron chi connectivity index (χ2n) is 4.77. The zero-order chi connectivity index (χ0) is 20.5. The van der Waals surface area contributed by atoms with Crippen molar-refractivity contribution in [2.45, 2.75) is 19.4 Å². The van der Waals surface area contributed by atoms with Gasteiger partial charge in [-0.25, -0.2) is 14.4 Å². The van der Waals surface area contributed by atoms with Crippen molar-refractivity contribution < 1.29 is 42.6 Å². The van der Waals surface area contributed by atoms with E-state index in [1.165, 1.54) is 0 Å². The minimum atomic E-state index is -1.15. The fourth-order valence-electron chi connectivity index (χ4n) is 1.46. The van der Waals surface area contributed by atoms with Gasteiger partial charge in [0, 0.05) is 18.2 Å². The normalized spacial score (nSPS) is 11.0. The van der Waals surface area contributed by atoms with Crippen LogP contribution in [0, 0.1) is 0 Å². The van der Waals surface area contributed by atoms with Crippen molar-refractivity contribution >= 4 is 25.2 Å². The number of carbonyl (C=O) groups excluding carboxylic acids is 3. The van der Waals surface area contributed by atoms with Crippen molar-refractivity contribution in [2.75, 3.05) is 33.0 Å². The Labute approximate surface area is 159 Å². The van der Waals surface area contributed by atoms with Gasteiger partial charge in [-0.15, -0.1) is 0 Å². The van der Waals surface area contributed by atoms with Crippen LogP contribution in [0.3, 0.4) is 0 Å². The predicted molar refractivity (Wildman–Crippen MR) is 96.3 cm³/mol. The molecule has 0 aromatic heterocycles. The Morgan fingerprint density at radius 2 is 1.26 bits per heavy atom. The number of hydrogen-bond donors (Lipinski definition) is 0. The summed E-state index contributed by atoms with van der Waals surface area (Å²) in [5.41, 5.74) is 0. The monoisotopic (exact) mass is 384 g/mol. The summed E-state index contributed by atoms with van der Waals surface area (Å²) in [5, 5.41) is 0. The van der Waals surface area contributed by atoms with E-state index in [0.29, 0.717) is 6.42 Å². The Kier molecular flexibility index (Phi) is 14.4. The molecule has 0 aliphatic heterocycles. The van der Waals surface area contributed by atoms with Crippen LogP contribution in [0.25, 0.3) is 0 Å². The van der Waals surface area contributed by atoms with Gasteiger partial charge in [0.05, 0.1) is 19.3 Å². The van der Waals surface area contributed by atoms with Crippen LogP contribution in [0.4, 0.5) is 0 Å². The molecule has 9 nitrogen and oxygen atoms in total. The summed E-state index contributed by atoms with van der Waals surface area (Å²) in [6.45, 7) is 11.5. The molecule has 0 aromatic carbocycles. The first-order chi connectivity index (χ1) is 13.0. The smallest absolute Gasteiger partial charge is 0.460 e. The predicted octanol–water partition coefficient (Wildman–Crippen LogP) is 0.987. The fraction of sp³-hybridized carbons (Fsp3) is 0.471. The van der Waals surface area contributed by atoms with Gasteiger partial charge in [-0.05, 0) is 6.42 Å². The number of carbonyl (C=O) groups is 3. The molecule has 1 unspecified atom stereocenters. The van der Waals surface area contributed by atoms with Crippen molar-refractivity contribution in [2.24, 2.45) is 0 Å².